The molecule has 154 valence electrons. The number of H-pyrrole nitrogens is 1. The number of carbonyl (C=O) groups is 2. The third kappa shape index (κ3) is 4.87. The van der Waals surface area contributed by atoms with Gasteiger partial charge in [0.1, 0.15) is 5.65 Å². The van der Waals surface area contributed by atoms with Crippen molar-refractivity contribution < 1.29 is 14.7 Å². The van der Waals surface area contributed by atoms with Gasteiger partial charge in [-0.2, -0.15) is 0 Å². The van der Waals surface area contributed by atoms with Crippen molar-refractivity contribution in [1.29, 1.82) is 0 Å². The van der Waals surface area contributed by atoms with Gasteiger partial charge < -0.3 is 15.4 Å². The maximum atomic E-state index is 12.2. The van der Waals surface area contributed by atoms with Crippen LogP contribution >= 0.6 is 0 Å². The van der Waals surface area contributed by atoms with E-state index in [-0.39, 0.29) is 11.5 Å². The van der Waals surface area contributed by atoms with Crippen LogP contribution in [0.2, 0.25) is 0 Å². The minimum atomic E-state index is -0.994. The molecule has 0 aliphatic carbocycles. The molecular weight excluding hydrogens is 390 g/mol. The Balaban J connectivity index is 1.50. The van der Waals surface area contributed by atoms with Crippen LogP contribution in [0, 0.1) is 0 Å². The molecule has 0 aliphatic heterocycles. The molecule has 0 saturated carbocycles. The fourth-order valence-electron chi connectivity index (χ4n) is 3.36. The highest BCUT2D eigenvalue weighted by atomic mass is 16.4. The van der Waals surface area contributed by atoms with Crippen molar-refractivity contribution >= 4 is 34.6 Å². The first-order valence-electron chi connectivity index (χ1n) is 9.88. The number of hydrogen-bond donors (Lipinski definition) is 3. The van der Waals surface area contributed by atoms with Crippen molar-refractivity contribution in [3.05, 3.63) is 101 Å². The number of amides is 1. The molecule has 0 radical (unpaired) electrons. The van der Waals surface area contributed by atoms with Crippen molar-refractivity contribution in [2.75, 3.05) is 0 Å². The zero-order chi connectivity index (χ0) is 21.6. The molecular formula is C25H21N3O3. The summed E-state index contributed by atoms with van der Waals surface area (Å²) in [5.41, 5.74) is 3.89. The quantitative estimate of drug-likeness (QED) is 0.400. The topological polar surface area (TPSA) is 95.1 Å². The van der Waals surface area contributed by atoms with Crippen molar-refractivity contribution in [1.82, 2.24) is 15.3 Å². The molecule has 6 heteroatoms. The number of fused-ring (bicyclic) bond motifs is 1. The average Bonchev–Trinajstić information content (AvgIpc) is 3.19. The summed E-state index contributed by atoms with van der Waals surface area (Å²) in [7, 11) is 0. The summed E-state index contributed by atoms with van der Waals surface area (Å²) in [4.78, 5) is 31.6. The van der Waals surface area contributed by atoms with E-state index in [9.17, 15) is 14.7 Å². The molecule has 0 saturated heterocycles. The zero-order valence-electron chi connectivity index (χ0n) is 16.7. The predicted octanol–water partition coefficient (Wildman–Crippen LogP) is 4.05. The maximum absolute atomic E-state index is 12.2. The maximum Gasteiger partial charge on any atom is 0.336 e. The summed E-state index contributed by atoms with van der Waals surface area (Å²) >= 11 is 0. The fourth-order valence-corrected chi connectivity index (χ4v) is 3.36. The third-order valence-electron chi connectivity index (χ3n) is 4.92. The Morgan fingerprint density at radius 3 is 2.39 bits per heavy atom. The van der Waals surface area contributed by atoms with Crippen LogP contribution in [0.15, 0.2) is 79.0 Å². The number of rotatable bonds is 7. The van der Waals surface area contributed by atoms with Crippen LogP contribution in [0.5, 0.6) is 0 Å². The summed E-state index contributed by atoms with van der Waals surface area (Å²) in [5.74, 6) is -1.07. The summed E-state index contributed by atoms with van der Waals surface area (Å²) in [6, 6.07) is 22.3. The molecule has 0 atom stereocenters. The molecule has 0 bridgehead atoms. The first kappa shape index (κ1) is 20.1. The lowest BCUT2D eigenvalue weighted by Gasteiger charge is -2.05. The Morgan fingerprint density at radius 2 is 1.68 bits per heavy atom. The minimum absolute atomic E-state index is 0.0721. The normalized spacial score (nSPS) is 11.4. The van der Waals surface area contributed by atoms with Crippen LogP contribution in [0.4, 0.5) is 0 Å². The van der Waals surface area contributed by atoms with Gasteiger partial charge in [0.2, 0.25) is 5.91 Å². The van der Waals surface area contributed by atoms with E-state index in [1.165, 1.54) is 0 Å². The number of aromatic amines is 1. The number of pyridine rings is 1. The van der Waals surface area contributed by atoms with Gasteiger partial charge in [0, 0.05) is 17.1 Å². The molecule has 31 heavy (non-hydrogen) atoms. The lowest BCUT2D eigenvalue weighted by atomic mass is 10.0. The fraction of sp³-hybridized carbons (Fsp3) is 0.0800. The molecule has 4 rings (SSSR count). The number of aromatic nitrogens is 2. The first-order chi connectivity index (χ1) is 15.1. The van der Waals surface area contributed by atoms with Crippen LogP contribution in [-0.2, 0) is 22.6 Å². The minimum Gasteiger partial charge on any atom is -0.478 e. The summed E-state index contributed by atoms with van der Waals surface area (Å²) in [5, 5.41) is 13.3. The summed E-state index contributed by atoms with van der Waals surface area (Å²) < 4.78 is 0. The SMILES string of the molecule is O=C(Cc1ccccc1)NCc1ccc2c(C=C(C(=O)O)c3ccccc3)c[nH]c2n1. The standard InChI is InChI=1S/C25H21N3O3/c29-23(13-17-7-3-1-4-8-17)26-16-20-11-12-21-19(15-27-24(21)28-20)14-22(25(30)31)18-9-5-2-6-10-18/h1-12,14-15H,13,16H2,(H,26,29)(H,27,28)(H,30,31). The lowest BCUT2D eigenvalue weighted by molar-refractivity contribution is -0.130. The van der Waals surface area contributed by atoms with Gasteiger partial charge in [-0.25, -0.2) is 9.78 Å². The van der Waals surface area contributed by atoms with Gasteiger partial charge >= 0.3 is 5.97 Å². The van der Waals surface area contributed by atoms with E-state index in [4.69, 9.17) is 0 Å². The Morgan fingerprint density at radius 1 is 0.968 bits per heavy atom. The van der Waals surface area contributed by atoms with Crippen molar-refractivity contribution in [3.63, 3.8) is 0 Å². The van der Waals surface area contributed by atoms with Crippen LogP contribution in [0.3, 0.4) is 0 Å². The van der Waals surface area contributed by atoms with Crippen LogP contribution in [-0.4, -0.2) is 27.0 Å². The highest BCUT2D eigenvalue weighted by Gasteiger charge is 2.12. The molecule has 4 aromatic rings. The van der Waals surface area contributed by atoms with E-state index in [1.807, 2.05) is 48.5 Å². The number of hydrogen-bond acceptors (Lipinski definition) is 3. The Kier molecular flexibility index (Phi) is 5.89. The molecule has 0 unspecified atom stereocenters. The zero-order valence-corrected chi connectivity index (χ0v) is 16.7. The van der Waals surface area contributed by atoms with Gasteiger partial charge in [-0.3, -0.25) is 4.79 Å². The van der Waals surface area contributed by atoms with Gasteiger partial charge in [0.15, 0.2) is 0 Å². The number of aliphatic carboxylic acids is 1. The molecule has 1 amide bonds. The van der Waals surface area contributed by atoms with Gasteiger partial charge in [-0.05, 0) is 29.3 Å². The van der Waals surface area contributed by atoms with Crippen molar-refractivity contribution in [3.8, 4) is 0 Å². The summed E-state index contributed by atoms with van der Waals surface area (Å²) in [6.45, 7) is 0.316. The first-order valence-corrected chi connectivity index (χ1v) is 9.88. The van der Waals surface area contributed by atoms with Gasteiger partial charge in [0.05, 0.1) is 24.2 Å². The monoisotopic (exact) mass is 411 g/mol. The Labute approximate surface area is 179 Å². The number of carboxylic acid groups (broad SMARTS) is 1. The number of nitrogens with one attached hydrogen (secondary N) is 2. The molecule has 2 aromatic heterocycles. The third-order valence-corrected chi connectivity index (χ3v) is 4.92. The molecule has 6 nitrogen and oxygen atoms in total. The average molecular weight is 411 g/mol. The van der Waals surface area contributed by atoms with Crippen LogP contribution in [0.25, 0.3) is 22.7 Å². The van der Waals surface area contributed by atoms with E-state index in [0.717, 1.165) is 16.5 Å². The second-order valence-electron chi connectivity index (χ2n) is 7.11. The number of carbonyl (C=O) groups excluding carboxylic acids is 1. The highest BCUT2D eigenvalue weighted by Crippen LogP contribution is 2.24. The molecule has 2 aromatic carbocycles. The van der Waals surface area contributed by atoms with Crippen LogP contribution < -0.4 is 5.32 Å². The van der Waals surface area contributed by atoms with Crippen molar-refractivity contribution in [2.24, 2.45) is 0 Å². The smallest absolute Gasteiger partial charge is 0.336 e. The van der Waals surface area contributed by atoms with E-state index in [0.29, 0.717) is 29.9 Å². The van der Waals surface area contributed by atoms with Gasteiger partial charge in [-0.1, -0.05) is 60.7 Å². The molecule has 0 fully saturated rings. The summed E-state index contributed by atoms with van der Waals surface area (Å²) in [6.07, 6.45) is 3.69. The highest BCUT2D eigenvalue weighted by molar-refractivity contribution is 6.21. The second kappa shape index (κ2) is 9.09. The molecule has 0 spiro atoms. The van der Waals surface area contributed by atoms with Gasteiger partial charge in [-0.15, -0.1) is 0 Å². The largest absolute Gasteiger partial charge is 0.478 e. The Bertz CT molecular complexity index is 1250. The number of benzene rings is 2. The molecule has 0 aliphatic rings. The molecule has 2 heterocycles. The van der Waals surface area contributed by atoms with E-state index in [1.54, 1.807) is 36.5 Å². The second-order valence-corrected chi connectivity index (χ2v) is 7.11. The predicted molar refractivity (Wildman–Crippen MR) is 120 cm³/mol. The van der Waals surface area contributed by atoms with E-state index >= 15 is 0 Å². The van der Waals surface area contributed by atoms with E-state index in [2.05, 4.69) is 15.3 Å². The number of carboxylic acids is 1. The van der Waals surface area contributed by atoms with Gasteiger partial charge in [0.25, 0.3) is 0 Å². The van der Waals surface area contributed by atoms with E-state index < -0.39 is 5.97 Å². The van der Waals surface area contributed by atoms with Crippen LogP contribution in [0.1, 0.15) is 22.4 Å². The molecule has 3 N–H and O–H groups in total. The lowest BCUT2D eigenvalue weighted by Crippen LogP contribution is -2.24. The van der Waals surface area contributed by atoms with Crippen molar-refractivity contribution in [2.45, 2.75) is 13.0 Å². The Hall–Kier alpha value is -4.19. The number of nitrogens with zero attached hydrogens (tertiary/aromatic N) is 1.